The van der Waals surface area contributed by atoms with Gasteiger partial charge in [0.2, 0.25) is 5.78 Å². The molecule has 26 heavy (non-hydrogen) atoms. The first-order valence-electron chi connectivity index (χ1n) is 8.78. The standard InChI is InChI=1S/C21H22FNO3/c1-3-26-21(25)20(24)13-17(14-7-5-4-6-8-14)19-12-15-11-16(22)9-10-18(15)23(19)2/h4-9,12,17H,3,10-11,13H2,1-2H3/t17-/m1/s1. The van der Waals surface area contributed by atoms with Crippen molar-refractivity contribution in [3.05, 3.63) is 70.8 Å². The van der Waals surface area contributed by atoms with Crippen LogP contribution < -0.4 is 0 Å². The molecule has 3 rings (SSSR count). The summed E-state index contributed by atoms with van der Waals surface area (Å²) in [6.07, 6.45) is 2.42. The van der Waals surface area contributed by atoms with Gasteiger partial charge in [-0.25, -0.2) is 9.18 Å². The Labute approximate surface area is 152 Å². The van der Waals surface area contributed by atoms with E-state index in [0.29, 0.717) is 6.42 Å². The monoisotopic (exact) mass is 355 g/mol. The van der Waals surface area contributed by atoms with Crippen LogP contribution in [0.1, 0.15) is 41.8 Å². The van der Waals surface area contributed by atoms with Gasteiger partial charge in [0, 0.05) is 43.6 Å². The van der Waals surface area contributed by atoms with Crippen molar-refractivity contribution in [2.45, 2.75) is 32.1 Å². The lowest BCUT2D eigenvalue weighted by molar-refractivity contribution is -0.153. The molecule has 1 aliphatic rings. The molecule has 4 nitrogen and oxygen atoms in total. The molecule has 1 heterocycles. The molecule has 0 spiro atoms. The summed E-state index contributed by atoms with van der Waals surface area (Å²) in [6, 6.07) is 11.5. The minimum atomic E-state index is -0.805. The fraction of sp³-hybridized carbons (Fsp3) is 0.333. The van der Waals surface area contributed by atoms with Gasteiger partial charge in [-0.1, -0.05) is 30.3 Å². The SMILES string of the molecule is CCOC(=O)C(=O)C[C@H](c1ccccc1)c1cc2c(n1C)CC=C(F)C2. The number of carbonyl (C=O) groups is 2. The molecule has 0 N–H and O–H groups in total. The summed E-state index contributed by atoms with van der Waals surface area (Å²) < 4.78 is 20.5. The number of halogens is 1. The van der Waals surface area contributed by atoms with Crippen molar-refractivity contribution >= 4 is 11.8 Å². The highest BCUT2D eigenvalue weighted by molar-refractivity contribution is 6.33. The molecule has 0 saturated heterocycles. The number of nitrogens with zero attached hydrogens (tertiary/aromatic N) is 1. The summed E-state index contributed by atoms with van der Waals surface area (Å²) in [6.45, 7) is 1.84. The van der Waals surface area contributed by atoms with Crippen LogP contribution in [0.4, 0.5) is 4.39 Å². The van der Waals surface area contributed by atoms with Gasteiger partial charge in [-0.2, -0.15) is 0 Å². The van der Waals surface area contributed by atoms with Crippen LogP contribution in [0.15, 0.2) is 48.3 Å². The maximum Gasteiger partial charge on any atom is 0.374 e. The predicted octanol–water partition coefficient (Wildman–Crippen LogP) is 3.63. The van der Waals surface area contributed by atoms with Crippen LogP contribution in [0.3, 0.4) is 0 Å². The number of benzene rings is 1. The molecule has 2 aromatic rings. The zero-order chi connectivity index (χ0) is 18.7. The Kier molecular flexibility index (Phi) is 5.35. The number of rotatable bonds is 6. The molecule has 0 radical (unpaired) electrons. The molecule has 1 aromatic carbocycles. The quantitative estimate of drug-likeness (QED) is 0.587. The van der Waals surface area contributed by atoms with Crippen LogP contribution in [0.2, 0.25) is 0 Å². The summed E-state index contributed by atoms with van der Waals surface area (Å²) in [4.78, 5) is 24.2. The summed E-state index contributed by atoms with van der Waals surface area (Å²) in [7, 11) is 1.93. The van der Waals surface area contributed by atoms with Crippen molar-refractivity contribution in [1.82, 2.24) is 4.57 Å². The van der Waals surface area contributed by atoms with E-state index in [1.807, 2.05) is 48.0 Å². The third kappa shape index (κ3) is 3.62. The normalized spacial score (nSPS) is 14.3. The van der Waals surface area contributed by atoms with Gasteiger partial charge in [-0.15, -0.1) is 0 Å². The van der Waals surface area contributed by atoms with E-state index in [2.05, 4.69) is 0 Å². The molecule has 0 aliphatic heterocycles. The Bertz CT molecular complexity index is 852. The maximum absolute atomic E-state index is 13.7. The average molecular weight is 355 g/mol. The van der Waals surface area contributed by atoms with Crippen LogP contribution >= 0.6 is 0 Å². The summed E-state index contributed by atoms with van der Waals surface area (Å²) in [5.74, 6) is -1.77. The second-order valence-electron chi connectivity index (χ2n) is 6.44. The van der Waals surface area contributed by atoms with E-state index in [1.165, 1.54) is 0 Å². The first kappa shape index (κ1) is 18.1. The average Bonchev–Trinajstić information content (AvgIpc) is 2.96. The Morgan fingerprint density at radius 3 is 2.69 bits per heavy atom. The van der Waals surface area contributed by atoms with Gasteiger partial charge in [0.05, 0.1) is 6.61 Å². The van der Waals surface area contributed by atoms with E-state index in [-0.39, 0.29) is 31.2 Å². The topological polar surface area (TPSA) is 48.3 Å². The number of carbonyl (C=O) groups excluding carboxylic acids is 2. The van der Waals surface area contributed by atoms with Gasteiger partial charge in [0.25, 0.3) is 0 Å². The van der Waals surface area contributed by atoms with Crippen molar-refractivity contribution in [3.63, 3.8) is 0 Å². The Morgan fingerprint density at radius 2 is 2.00 bits per heavy atom. The minimum absolute atomic E-state index is 0.0233. The lowest BCUT2D eigenvalue weighted by Crippen LogP contribution is -2.21. The molecule has 1 aromatic heterocycles. The van der Waals surface area contributed by atoms with Crippen LogP contribution in [0.5, 0.6) is 0 Å². The molecule has 0 amide bonds. The van der Waals surface area contributed by atoms with Crippen molar-refractivity contribution in [2.75, 3.05) is 6.61 Å². The largest absolute Gasteiger partial charge is 0.460 e. The smallest absolute Gasteiger partial charge is 0.374 e. The molecular formula is C21H22FNO3. The van der Waals surface area contributed by atoms with Gasteiger partial charge < -0.3 is 9.30 Å². The fourth-order valence-electron chi connectivity index (χ4n) is 3.51. The van der Waals surface area contributed by atoms with E-state index in [0.717, 1.165) is 22.5 Å². The van der Waals surface area contributed by atoms with E-state index < -0.39 is 11.8 Å². The van der Waals surface area contributed by atoms with Crippen molar-refractivity contribution in [3.8, 4) is 0 Å². The number of fused-ring (bicyclic) bond motifs is 1. The van der Waals surface area contributed by atoms with Crippen molar-refractivity contribution < 1.29 is 18.7 Å². The number of hydrogen-bond acceptors (Lipinski definition) is 3. The summed E-state index contributed by atoms with van der Waals surface area (Å²) in [5, 5.41) is 0. The maximum atomic E-state index is 13.7. The number of esters is 1. The second kappa shape index (κ2) is 7.68. The zero-order valence-electron chi connectivity index (χ0n) is 15.0. The van der Waals surface area contributed by atoms with Crippen LogP contribution in [0, 0.1) is 0 Å². The highest BCUT2D eigenvalue weighted by Gasteiger charge is 2.28. The van der Waals surface area contributed by atoms with Gasteiger partial charge in [-0.3, -0.25) is 4.79 Å². The fourth-order valence-corrected chi connectivity index (χ4v) is 3.51. The highest BCUT2D eigenvalue weighted by atomic mass is 19.1. The number of ether oxygens (including phenoxy) is 1. The summed E-state index contributed by atoms with van der Waals surface area (Å²) >= 11 is 0. The van der Waals surface area contributed by atoms with E-state index in [1.54, 1.807) is 13.0 Å². The van der Waals surface area contributed by atoms with Crippen LogP contribution in [-0.2, 0) is 34.2 Å². The lowest BCUT2D eigenvalue weighted by Gasteiger charge is -2.19. The molecule has 136 valence electrons. The van der Waals surface area contributed by atoms with Crippen molar-refractivity contribution in [2.24, 2.45) is 7.05 Å². The number of allylic oxidation sites excluding steroid dienone is 2. The van der Waals surface area contributed by atoms with E-state index in [9.17, 15) is 14.0 Å². The predicted molar refractivity (Wildman–Crippen MR) is 96.6 cm³/mol. The molecule has 0 unspecified atom stereocenters. The Hall–Kier alpha value is -2.69. The first-order valence-corrected chi connectivity index (χ1v) is 8.78. The third-order valence-electron chi connectivity index (χ3n) is 4.81. The van der Waals surface area contributed by atoms with Gasteiger partial charge in [-0.05, 0) is 30.2 Å². The van der Waals surface area contributed by atoms with Crippen molar-refractivity contribution in [1.29, 1.82) is 0 Å². The lowest BCUT2D eigenvalue weighted by atomic mass is 9.90. The van der Waals surface area contributed by atoms with E-state index in [4.69, 9.17) is 4.74 Å². The summed E-state index contributed by atoms with van der Waals surface area (Å²) in [5.41, 5.74) is 3.83. The minimum Gasteiger partial charge on any atom is -0.460 e. The van der Waals surface area contributed by atoms with Crippen LogP contribution in [-0.4, -0.2) is 22.9 Å². The molecule has 0 fully saturated rings. The molecule has 0 bridgehead atoms. The third-order valence-corrected chi connectivity index (χ3v) is 4.81. The molecule has 1 atom stereocenters. The van der Waals surface area contributed by atoms with Gasteiger partial charge in [0.15, 0.2) is 0 Å². The van der Waals surface area contributed by atoms with E-state index >= 15 is 0 Å². The number of aromatic nitrogens is 1. The van der Waals surface area contributed by atoms with Gasteiger partial charge >= 0.3 is 5.97 Å². The van der Waals surface area contributed by atoms with Crippen LogP contribution in [0.25, 0.3) is 0 Å². The number of hydrogen-bond donors (Lipinski definition) is 0. The Balaban J connectivity index is 1.97. The second-order valence-corrected chi connectivity index (χ2v) is 6.44. The molecule has 1 aliphatic carbocycles. The number of Topliss-reactive ketones (excluding diaryl/α,β-unsaturated/α-hetero) is 1. The molecular weight excluding hydrogens is 333 g/mol. The molecule has 5 heteroatoms. The van der Waals surface area contributed by atoms with Gasteiger partial charge in [0.1, 0.15) is 5.83 Å². The highest BCUT2D eigenvalue weighted by Crippen LogP contribution is 2.34. The first-order chi connectivity index (χ1) is 12.5. The number of ketones is 1. The Morgan fingerprint density at radius 1 is 1.27 bits per heavy atom. The molecule has 0 saturated carbocycles. The zero-order valence-corrected chi connectivity index (χ0v) is 15.0.